The number of alkyl halides is 3. The molecule has 1 atom stereocenters. The van der Waals surface area contributed by atoms with Crippen molar-refractivity contribution in [2.24, 2.45) is 5.73 Å². The van der Waals surface area contributed by atoms with E-state index in [2.05, 4.69) is 0 Å². The lowest BCUT2D eigenvalue weighted by molar-refractivity contribution is -0.139. The third-order valence-corrected chi connectivity index (χ3v) is 5.67. The van der Waals surface area contributed by atoms with E-state index in [0.717, 1.165) is 11.6 Å². The van der Waals surface area contributed by atoms with Crippen LogP contribution in [0.1, 0.15) is 29.5 Å². The first kappa shape index (κ1) is 26.8. The maximum absolute atomic E-state index is 13.6. The third kappa shape index (κ3) is 8.18. The van der Waals surface area contributed by atoms with E-state index < -0.39 is 32.6 Å². The summed E-state index contributed by atoms with van der Waals surface area (Å²) >= 11 is 12.0. The maximum Gasteiger partial charge on any atom is 0.419 e. The minimum atomic E-state index is -4.61. The van der Waals surface area contributed by atoms with Gasteiger partial charge in [0.05, 0.1) is 30.9 Å². The Morgan fingerprint density at radius 3 is 2.50 bits per heavy atom. The summed E-state index contributed by atoms with van der Waals surface area (Å²) in [6.45, 7) is -0.599. The molecule has 0 aliphatic heterocycles. The normalized spacial score (nSPS) is 13.8. The number of hydrogen-bond acceptors (Lipinski definition) is 5. The Morgan fingerprint density at radius 1 is 1.09 bits per heavy atom. The van der Waals surface area contributed by atoms with E-state index in [1.165, 1.54) is 12.1 Å². The van der Waals surface area contributed by atoms with Crippen LogP contribution in [-0.4, -0.2) is 30.5 Å². The van der Waals surface area contributed by atoms with Crippen LogP contribution in [-0.2, 0) is 28.1 Å². The summed E-state index contributed by atoms with van der Waals surface area (Å²) in [6, 6.07) is 8.84. The molecule has 0 amide bonds. The van der Waals surface area contributed by atoms with Gasteiger partial charge in [-0.2, -0.15) is 13.2 Å². The number of aliphatic hydroxyl groups is 1. The van der Waals surface area contributed by atoms with E-state index >= 15 is 0 Å². The number of aliphatic hydroxyl groups excluding tert-OH is 1. The molecule has 2 aromatic carbocycles. The summed E-state index contributed by atoms with van der Waals surface area (Å²) in [5, 5.41) is 10.5. The number of nitrogens with two attached hydrogens (primary N) is 1. The molecule has 0 spiro atoms. The zero-order valence-corrected chi connectivity index (χ0v) is 19.4. The fraction of sp³-hybridized carbons (Fsp3) is 0.429. The molecule has 0 bridgehead atoms. The smallest absolute Gasteiger partial charge is 0.419 e. The van der Waals surface area contributed by atoms with E-state index in [9.17, 15) is 22.8 Å². The predicted molar refractivity (Wildman–Crippen MR) is 118 cm³/mol. The maximum atomic E-state index is 13.6. The fourth-order valence-corrected chi connectivity index (χ4v) is 3.72. The van der Waals surface area contributed by atoms with E-state index in [1.807, 2.05) is 0 Å². The number of aryl methyl sites for hydroxylation is 2. The lowest BCUT2D eigenvalue weighted by Crippen LogP contribution is -2.47. The van der Waals surface area contributed by atoms with Crippen molar-refractivity contribution in [2.45, 2.75) is 37.4 Å². The van der Waals surface area contributed by atoms with Gasteiger partial charge in [0.25, 0.3) is 0 Å². The molecule has 176 valence electrons. The van der Waals surface area contributed by atoms with Gasteiger partial charge in [-0.15, -0.1) is 0 Å². The number of hydrogen-bond donors (Lipinski definition) is 2. The van der Waals surface area contributed by atoms with E-state index in [4.69, 9.17) is 38.2 Å². The lowest BCUT2D eigenvalue weighted by Gasteiger charge is -2.25. The number of ether oxygens (including phenoxy) is 1. The SMILES string of the molecule is NC(CO)(CCc1ccc(OCCCc2cc(Cl)ccc2Cl)c(C(F)(F)F)c1)COP=O. The number of benzene rings is 2. The molecule has 0 aliphatic carbocycles. The minimum absolute atomic E-state index is 0.0629. The van der Waals surface area contributed by atoms with Gasteiger partial charge in [-0.05, 0) is 67.1 Å². The van der Waals surface area contributed by atoms with Crippen molar-refractivity contribution in [1.82, 2.24) is 0 Å². The zero-order valence-electron chi connectivity index (χ0n) is 17.0. The third-order valence-electron chi connectivity index (χ3n) is 4.84. The zero-order chi connectivity index (χ0) is 23.8. The molecule has 32 heavy (non-hydrogen) atoms. The molecule has 0 saturated heterocycles. The van der Waals surface area contributed by atoms with Gasteiger partial charge in [-0.25, -0.2) is 4.57 Å². The highest BCUT2D eigenvalue weighted by atomic mass is 35.5. The largest absolute Gasteiger partial charge is 0.493 e. The quantitative estimate of drug-likeness (QED) is 0.275. The molecule has 3 N–H and O–H groups in total. The van der Waals surface area contributed by atoms with Crippen LogP contribution in [0.2, 0.25) is 10.0 Å². The first-order valence-corrected chi connectivity index (χ1v) is 11.2. The molecule has 0 radical (unpaired) electrons. The fourth-order valence-electron chi connectivity index (χ4n) is 3.00. The van der Waals surface area contributed by atoms with Crippen molar-refractivity contribution in [3.8, 4) is 5.75 Å². The molecule has 2 aromatic rings. The van der Waals surface area contributed by atoms with Crippen LogP contribution in [0.25, 0.3) is 0 Å². The Hall–Kier alpha value is -1.41. The molecular weight excluding hydrogens is 489 g/mol. The number of halogens is 5. The van der Waals surface area contributed by atoms with Crippen molar-refractivity contribution in [2.75, 3.05) is 19.8 Å². The van der Waals surface area contributed by atoms with Crippen LogP contribution in [0.15, 0.2) is 36.4 Å². The Labute approximate surface area is 195 Å². The summed E-state index contributed by atoms with van der Waals surface area (Å²) in [4.78, 5) is 0. The first-order valence-electron chi connectivity index (χ1n) is 9.69. The summed E-state index contributed by atoms with van der Waals surface area (Å²) in [5.74, 6) is -0.270. The highest BCUT2D eigenvalue weighted by molar-refractivity contribution is 7.17. The molecular formula is C21H23Cl2F3NO4P. The summed E-state index contributed by atoms with van der Waals surface area (Å²) < 4.78 is 61.3. The average molecular weight is 512 g/mol. The van der Waals surface area contributed by atoms with Crippen molar-refractivity contribution in [3.63, 3.8) is 0 Å². The summed E-state index contributed by atoms with van der Waals surface area (Å²) in [6.07, 6.45) is -3.36. The van der Waals surface area contributed by atoms with Crippen molar-refractivity contribution in [1.29, 1.82) is 0 Å². The second-order valence-electron chi connectivity index (χ2n) is 7.38. The summed E-state index contributed by atoms with van der Waals surface area (Å²) in [5.41, 5.74) is 5.01. The molecule has 0 saturated carbocycles. The monoisotopic (exact) mass is 511 g/mol. The molecule has 5 nitrogen and oxygen atoms in total. The second-order valence-corrected chi connectivity index (χ2v) is 8.64. The molecule has 2 rings (SSSR count). The van der Waals surface area contributed by atoms with Crippen LogP contribution in [0.5, 0.6) is 5.75 Å². The second kappa shape index (κ2) is 12.2. The van der Waals surface area contributed by atoms with Gasteiger partial charge in [0.15, 0.2) is 0 Å². The minimum Gasteiger partial charge on any atom is -0.493 e. The van der Waals surface area contributed by atoms with Gasteiger partial charge in [0.1, 0.15) is 5.75 Å². The van der Waals surface area contributed by atoms with Gasteiger partial charge in [0, 0.05) is 10.0 Å². The Bertz CT molecular complexity index is 917. The molecule has 11 heteroatoms. The molecule has 1 unspecified atom stereocenters. The Balaban J connectivity index is 2.03. The number of rotatable bonds is 12. The van der Waals surface area contributed by atoms with Gasteiger partial charge in [0.2, 0.25) is 0 Å². The predicted octanol–water partition coefficient (Wildman–Crippen LogP) is 5.87. The molecule has 0 aliphatic rings. The topological polar surface area (TPSA) is 81.8 Å². The van der Waals surface area contributed by atoms with Gasteiger partial charge >= 0.3 is 14.9 Å². The highest BCUT2D eigenvalue weighted by Crippen LogP contribution is 2.37. The van der Waals surface area contributed by atoms with Crippen LogP contribution in [0.3, 0.4) is 0 Å². The van der Waals surface area contributed by atoms with E-state index in [1.54, 1.807) is 18.2 Å². The van der Waals surface area contributed by atoms with Crippen LogP contribution in [0, 0.1) is 0 Å². The summed E-state index contributed by atoms with van der Waals surface area (Å²) in [7, 11) is -0.588. The van der Waals surface area contributed by atoms with Gasteiger partial charge in [-0.1, -0.05) is 29.3 Å². The van der Waals surface area contributed by atoms with Crippen molar-refractivity contribution >= 4 is 31.9 Å². The molecule has 0 heterocycles. The first-order chi connectivity index (χ1) is 15.1. The average Bonchev–Trinajstić information content (AvgIpc) is 2.75. The standard InChI is InChI=1S/C21H23Cl2F3NO4P/c22-16-4-5-18(23)15(11-16)2-1-9-30-19-6-3-14(10-17(19)21(24,25)26)7-8-20(27,12-28)13-31-32-29/h3-6,10-11,28H,1-2,7-9,12-13,27H2. The van der Waals surface area contributed by atoms with Crippen molar-refractivity contribution < 1.29 is 32.1 Å². The molecule has 0 aromatic heterocycles. The van der Waals surface area contributed by atoms with Gasteiger partial charge < -0.3 is 15.6 Å². The van der Waals surface area contributed by atoms with Crippen molar-refractivity contribution in [3.05, 3.63) is 63.1 Å². The molecule has 0 fully saturated rings. The van der Waals surface area contributed by atoms with Gasteiger partial charge in [-0.3, -0.25) is 4.52 Å². The Morgan fingerprint density at radius 2 is 1.84 bits per heavy atom. The van der Waals surface area contributed by atoms with E-state index in [-0.39, 0.29) is 31.8 Å². The van der Waals surface area contributed by atoms with Crippen LogP contribution in [0.4, 0.5) is 13.2 Å². The highest BCUT2D eigenvalue weighted by Gasteiger charge is 2.35. The lowest BCUT2D eigenvalue weighted by atomic mass is 9.93. The van der Waals surface area contributed by atoms with Crippen LogP contribution >= 0.6 is 31.9 Å². The van der Waals surface area contributed by atoms with Crippen LogP contribution < -0.4 is 10.5 Å². The Kier molecular flexibility index (Phi) is 10.2. The van der Waals surface area contributed by atoms with E-state index in [0.29, 0.717) is 28.5 Å².